The van der Waals surface area contributed by atoms with Crippen molar-refractivity contribution in [3.8, 4) is 0 Å². The summed E-state index contributed by atoms with van der Waals surface area (Å²) in [5.74, 6) is -1.02. The lowest BCUT2D eigenvalue weighted by atomic mass is 10.1. The summed E-state index contributed by atoms with van der Waals surface area (Å²) in [6.07, 6.45) is 0.624. The number of hydrogen-bond acceptors (Lipinski definition) is 4. The summed E-state index contributed by atoms with van der Waals surface area (Å²) in [6.45, 7) is 2.11. The number of nitro benzene ring substituents is 1. The van der Waals surface area contributed by atoms with Crippen molar-refractivity contribution in [2.24, 2.45) is 0 Å². The minimum Gasteiger partial charge on any atom is -0.274 e. The minimum absolute atomic E-state index is 0.0871. The van der Waals surface area contributed by atoms with E-state index in [1.807, 2.05) is 6.92 Å². The highest BCUT2D eigenvalue weighted by Gasteiger charge is 2.40. The molecule has 17 heavy (non-hydrogen) atoms. The molecule has 1 aliphatic heterocycles. The lowest BCUT2D eigenvalue weighted by Gasteiger charge is -2.11. The van der Waals surface area contributed by atoms with Crippen LogP contribution in [0, 0.1) is 10.1 Å². The normalized spacial score (nSPS) is 14.1. The molecule has 0 unspecified atom stereocenters. The molecule has 0 saturated carbocycles. The van der Waals surface area contributed by atoms with E-state index in [0.29, 0.717) is 6.42 Å². The van der Waals surface area contributed by atoms with Gasteiger partial charge >= 0.3 is 0 Å². The first-order chi connectivity index (χ1) is 8.07. The summed E-state index contributed by atoms with van der Waals surface area (Å²) in [6, 6.07) is 4.09. The molecule has 0 saturated heterocycles. The van der Waals surface area contributed by atoms with Crippen molar-refractivity contribution < 1.29 is 14.5 Å². The van der Waals surface area contributed by atoms with Crippen LogP contribution in [0.25, 0.3) is 0 Å². The predicted molar refractivity (Wildman–Crippen MR) is 58.8 cm³/mol. The highest BCUT2D eigenvalue weighted by atomic mass is 16.6. The Balaban J connectivity index is 2.57. The van der Waals surface area contributed by atoms with Crippen LogP contribution in [0.4, 0.5) is 5.69 Å². The van der Waals surface area contributed by atoms with E-state index in [4.69, 9.17) is 0 Å². The van der Waals surface area contributed by atoms with E-state index < -0.39 is 16.7 Å². The molecule has 0 spiro atoms. The van der Waals surface area contributed by atoms with Crippen LogP contribution in [0.2, 0.25) is 0 Å². The van der Waals surface area contributed by atoms with E-state index in [-0.39, 0.29) is 23.4 Å². The van der Waals surface area contributed by atoms with Crippen LogP contribution in [0.3, 0.4) is 0 Å². The molecule has 1 aromatic carbocycles. The molecule has 88 valence electrons. The number of benzene rings is 1. The molecule has 0 aromatic heterocycles. The van der Waals surface area contributed by atoms with Crippen LogP contribution >= 0.6 is 0 Å². The second-order valence-electron chi connectivity index (χ2n) is 3.72. The van der Waals surface area contributed by atoms with Crippen molar-refractivity contribution in [1.29, 1.82) is 0 Å². The second-order valence-corrected chi connectivity index (χ2v) is 3.72. The number of hydrogen-bond donors (Lipinski definition) is 0. The number of amides is 2. The lowest BCUT2D eigenvalue weighted by molar-refractivity contribution is -0.385. The molecule has 0 aliphatic carbocycles. The van der Waals surface area contributed by atoms with Crippen LogP contribution in [0.5, 0.6) is 0 Å². The summed E-state index contributed by atoms with van der Waals surface area (Å²) in [7, 11) is 0. The maximum Gasteiger partial charge on any atom is 0.282 e. The summed E-state index contributed by atoms with van der Waals surface area (Å²) in [5, 5.41) is 10.8. The number of rotatable bonds is 3. The first-order valence-electron chi connectivity index (χ1n) is 5.21. The number of fused-ring (bicyclic) bond motifs is 1. The average molecular weight is 234 g/mol. The van der Waals surface area contributed by atoms with E-state index in [1.165, 1.54) is 18.2 Å². The van der Waals surface area contributed by atoms with Gasteiger partial charge in [-0.3, -0.25) is 24.6 Å². The molecular weight excluding hydrogens is 224 g/mol. The molecule has 1 aliphatic rings. The van der Waals surface area contributed by atoms with Crippen molar-refractivity contribution in [3.63, 3.8) is 0 Å². The summed E-state index contributed by atoms with van der Waals surface area (Å²) < 4.78 is 0. The average Bonchev–Trinajstić information content (AvgIpc) is 2.55. The fourth-order valence-electron chi connectivity index (χ4n) is 1.89. The second kappa shape index (κ2) is 3.97. The monoisotopic (exact) mass is 234 g/mol. The molecule has 0 N–H and O–H groups in total. The SMILES string of the molecule is CCCN1C(=O)c2cccc([N+](=O)[O-])c2C1=O. The largest absolute Gasteiger partial charge is 0.282 e. The van der Waals surface area contributed by atoms with E-state index in [0.717, 1.165) is 4.90 Å². The highest BCUT2D eigenvalue weighted by Crippen LogP contribution is 2.30. The molecular formula is C11H10N2O4. The van der Waals surface area contributed by atoms with E-state index in [1.54, 1.807) is 0 Å². The van der Waals surface area contributed by atoms with E-state index in [2.05, 4.69) is 0 Å². The molecule has 2 rings (SSSR count). The summed E-state index contributed by atoms with van der Waals surface area (Å²) in [4.78, 5) is 35.0. The maximum atomic E-state index is 11.9. The molecule has 0 bridgehead atoms. The number of carbonyl (C=O) groups is 2. The first kappa shape index (κ1) is 11.3. The molecule has 0 fully saturated rings. The summed E-state index contributed by atoms with van der Waals surface area (Å²) >= 11 is 0. The standard InChI is InChI=1S/C11H10N2O4/c1-2-6-12-10(14)7-4-3-5-8(13(16)17)9(7)11(12)15/h3-5H,2,6H2,1H3. The van der Waals surface area contributed by atoms with Crippen LogP contribution in [0.15, 0.2) is 18.2 Å². The fraction of sp³-hybridized carbons (Fsp3) is 0.273. The third-order valence-electron chi connectivity index (χ3n) is 2.62. The zero-order valence-electron chi connectivity index (χ0n) is 9.17. The zero-order chi connectivity index (χ0) is 12.6. The number of imide groups is 1. The quantitative estimate of drug-likeness (QED) is 0.452. The molecule has 0 atom stereocenters. The topological polar surface area (TPSA) is 80.5 Å². The van der Waals surface area contributed by atoms with Crippen LogP contribution in [-0.4, -0.2) is 28.2 Å². The third-order valence-corrected chi connectivity index (χ3v) is 2.62. The smallest absolute Gasteiger partial charge is 0.274 e. The Morgan fingerprint density at radius 3 is 2.59 bits per heavy atom. The number of nitro groups is 1. The number of nitrogens with zero attached hydrogens (tertiary/aromatic N) is 2. The van der Waals surface area contributed by atoms with Gasteiger partial charge in [0.2, 0.25) is 0 Å². The van der Waals surface area contributed by atoms with E-state index in [9.17, 15) is 19.7 Å². The Bertz CT molecular complexity index is 524. The Labute approximate surface area is 97.0 Å². The van der Waals surface area contributed by atoms with Gasteiger partial charge < -0.3 is 0 Å². The third kappa shape index (κ3) is 1.57. The van der Waals surface area contributed by atoms with Crippen molar-refractivity contribution in [2.45, 2.75) is 13.3 Å². The Kier molecular flexibility index (Phi) is 2.63. The van der Waals surface area contributed by atoms with Crippen molar-refractivity contribution in [3.05, 3.63) is 39.4 Å². The van der Waals surface area contributed by atoms with Crippen molar-refractivity contribution >= 4 is 17.5 Å². The van der Waals surface area contributed by atoms with Crippen molar-refractivity contribution in [1.82, 2.24) is 4.90 Å². The number of carbonyl (C=O) groups excluding carboxylic acids is 2. The molecule has 1 aromatic rings. The lowest BCUT2D eigenvalue weighted by Crippen LogP contribution is -2.30. The maximum absolute atomic E-state index is 11.9. The first-order valence-corrected chi connectivity index (χ1v) is 5.21. The molecule has 6 nitrogen and oxygen atoms in total. The molecule has 6 heteroatoms. The predicted octanol–water partition coefficient (Wildman–Crippen LogP) is 1.60. The molecule has 2 amide bonds. The van der Waals surface area contributed by atoms with Crippen LogP contribution in [-0.2, 0) is 0 Å². The van der Waals surface area contributed by atoms with E-state index >= 15 is 0 Å². The van der Waals surface area contributed by atoms with Gasteiger partial charge in [0.25, 0.3) is 17.5 Å². The van der Waals surface area contributed by atoms with Gasteiger partial charge in [-0.25, -0.2) is 0 Å². The van der Waals surface area contributed by atoms with Crippen LogP contribution < -0.4 is 0 Å². The molecule has 1 heterocycles. The van der Waals surface area contributed by atoms with Gasteiger partial charge in [0.1, 0.15) is 5.56 Å². The zero-order valence-corrected chi connectivity index (χ0v) is 9.17. The van der Waals surface area contributed by atoms with Gasteiger partial charge in [0, 0.05) is 12.6 Å². The van der Waals surface area contributed by atoms with Crippen molar-refractivity contribution in [2.75, 3.05) is 6.54 Å². The van der Waals surface area contributed by atoms with Gasteiger partial charge in [0.15, 0.2) is 0 Å². The Hall–Kier alpha value is -2.24. The van der Waals surface area contributed by atoms with Gasteiger partial charge in [-0.05, 0) is 12.5 Å². The fourth-order valence-corrected chi connectivity index (χ4v) is 1.89. The highest BCUT2D eigenvalue weighted by molar-refractivity contribution is 6.23. The minimum atomic E-state index is -0.639. The van der Waals surface area contributed by atoms with Gasteiger partial charge in [-0.1, -0.05) is 13.0 Å². The molecule has 0 radical (unpaired) electrons. The van der Waals surface area contributed by atoms with Gasteiger partial charge in [-0.15, -0.1) is 0 Å². The summed E-state index contributed by atoms with van der Waals surface area (Å²) in [5.41, 5.74) is -0.270. The Morgan fingerprint density at radius 1 is 1.29 bits per heavy atom. The van der Waals surface area contributed by atoms with Gasteiger partial charge in [0.05, 0.1) is 10.5 Å². The van der Waals surface area contributed by atoms with Crippen LogP contribution in [0.1, 0.15) is 34.1 Å². The van der Waals surface area contributed by atoms with Gasteiger partial charge in [-0.2, -0.15) is 0 Å². The Morgan fingerprint density at radius 2 is 2.00 bits per heavy atom.